The van der Waals surface area contributed by atoms with Crippen LogP contribution in [-0.2, 0) is 4.74 Å². The van der Waals surface area contributed by atoms with E-state index in [9.17, 15) is 0 Å². The third-order valence-electron chi connectivity index (χ3n) is 1.85. The van der Waals surface area contributed by atoms with E-state index in [1.165, 1.54) is 0 Å². The van der Waals surface area contributed by atoms with Crippen LogP contribution >= 0.6 is 0 Å². The van der Waals surface area contributed by atoms with Crippen molar-refractivity contribution in [2.24, 2.45) is 0 Å². The number of hydrogen-bond acceptors (Lipinski definition) is 2. The molecular formula is C7H14NO. The molecule has 0 aromatic rings. The molecule has 0 unspecified atom stereocenters. The Bertz CT molecular complexity index is 84.9. The van der Waals surface area contributed by atoms with Crippen LogP contribution in [0.5, 0.6) is 0 Å². The summed E-state index contributed by atoms with van der Waals surface area (Å²) in [5, 5.41) is 0. The lowest BCUT2D eigenvalue weighted by Crippen LogP contribution is -2.45. The average molecular weight is 128 g/mol. The summed E-state index contributed by atoms with van der Waals surface area (Å²) in [6.07, 6.45) is 0. The topological polar surface area (TPSA) is 12.5 Å². The van der Waals surface area contributed by atoms with Crippen molar-refractivity contribution in [3.8, 4) is 0 Å². The summed E-state index contributed by atoms with van der Waals surface area (Å²) in [6.45, 7) is 5.91. The van der Waals surface area contributed by atoms with E-state index in [0.29, 0.717) is 12.1 Å². The molecule has 0 aromatic heterocycles. The van der Waals surface area contributed by atoms with Crippen molar-refractivity contribution in [3.05, 3.63) is 7.05 Å². The van der Waals surface area contributed by atoms with Gasteiger partial charge in [-0.05, 0) is 13.8 Å². The summed E-state index contributed by atoms with van der Waals surface area (Å²) < 4.78 is 5.28. The van der Waals surface area contributed by atoms with Gasteiger partial charge in [-0.1, -0.05) is 0 Å². The fraction of sp³-hybridized carbons (Fsp3) is 0.857. The van der Waals surface area contributed by atoms with Gasteiger partial charge in [0, 0.05) is 19.1 Å². The molecule has 1 fully saturated rings. The maximum absolute atomic E-state index is 5.28. The number of morpholine rings is 1. The molecule has 0 amide bonds. The molecule has 2 atom stereocenters. The lowest BCUT2D eigenvalue weighted by molar-refractivity contribution is -0.0134. The molecule has 1 aliphatic heterocycles. The first-order valence-electron chi connectivity index (χ1n) is 3.38. The van der Waals surface area contributed by atoms with E-state index in [4.69, 9.17) is 4.74 Å². The molecule has 0 bridgehead atoms. The van der Waals surface area contributed by atoms with Gasteiger partial charge in [-0.3, -0.25) is 4.90 Å². The van der Waals surface area contributed by atoms with Gasteiger partial charge in [-0.15, -0.1) is 0 Å². The third-order valence-corrected chi connectivity index (χ3v) is 1.85. The zero-order chi connectivity index (χ0) is 6.85. The minimum atomic E-state index is 0.480. The first-order chi connectivity index (χ1) is 4.22. The van der Waals surface area contributed by atoms with Crippen LogP contribution in [0.1, 0.15) is 13.8 Å². The predicted octanol–water partition coefficient (Wildman–Crippen LogP) is 0.887. The summed E-state index contributed by atoms with van der Waals surface area (Å²) in [4.78, 5) is 2.10. The van der Waals surface area contributed by atoms with Crippen molar-refractivity contribution in [2.45, 2.75) is 25.9 Å². The van der Waals surface area contributed by atoms with E-state index in [1.54, 1.807) is 0 Å². The fourth-order valence-electron chi connectivity index (χ4n) is 1.04. The highest BCUT2D eigenvalue weighted by molar-refractivity contribution is 4.76. The quantitative estimate of drug-likeness (QED) is 0.480. The second-order valence-corrected chi connectivity index (χ2v) is 2.75. The molecule has 1 saturated heterocycles. The van der Waals surface area contributed by atoms with E-state index in [0.717, 1.165) is 13.2 Å². The molecule has 1 radical (unpaired) electrons. The molecule has 0 saturated carbocycles. The van der Waals surface area contributed by atoms with Crippen LogP contribution in [0.3, 0.4) is 0 Å². The van der Waals surface area contributed by atoms with E-state index >= 15 is 0 Å². The maximum Gasteiger partial charge on any atom is 0.0620 e. The first kappa shape index (κ1) is 7.03. The summed E-state index contributed by atoms with van der Waals surface area (Å²) in [7, 11) is 3.91. The number of hydrogen-bond donors (Lipinski definition) is 0. The van der Waals surface area contributed by atoms with E-state index in [-0.39, 0.29) is 0 Å². The molecule has 0 spiro atoms. The van der Waals surface area contributed by atoms with Gasteiger partial charge in [0.05, 0.1) is 13.2 Å². The van der Waals surface area contributed by atoms with Gasteiger partial charge < -0.3 is 4.74 Å². The van der Waals surface area contributed by atoms with E-state index in [2.05, 4.69) is 25.8 Å². The third kappa shape index (κ3) is 1.43. The highest BCUT2D eigenvalue weighted by Crippen LogP contribution is 2.09. The second kappa shape index (κ2) is 2.67. The van der Waals surface area contributed by atoms with Gasteiger partial charge in [-0.25, -0.2) is 0 Å². The minimum absolute atomic E-state index is 0.480. The summed E-state index contributed by atoms with van der Waals surface area (Å²) in [5.74, 6) is 0. The molecule has 0 N–H and O–H groups in total. The van der Waals surface area contributed by atoms with E-state index in [1.807, 2.05) is 0 Å². The molecule has 2 heteroatoms. The van der Waals surface area contributed by atoms with Gasteiger partial charge in [0.2, 0.25) is 0 Å². The summed E-state index contributed by atoms with van der Waals surface area (Å²) in [5.41, 5.74) is 0. The molecule has 0 aliphatic carbocycles. The fourth-order valence-corrected chi connectivity index (χ4v) is 1.04. The molecule has 1 aliphatic rings. The minimum Gasteiger partial charge on any atom is -0.378 e. The van der Waals surface area contributed by atoms with Crippen LogP contribution in [0, 0.1) is 7.05 Å². The van der Waals surface area contributed by atoms with Gasteiger partial charge >= 0.3 is 0 Å². The molecule has 53 valence electrons. The largest absolute Gasteiger partial charge is 0.378 e. The van der Waals surface area contributed by atoms with Crippen molar-refractivity contribution in [1.29, 1.82) is 0 Å². The Morgan fingerprint density at radius 3 is 2.11 bits per heavy atom. The number of ether oxygens (including phenoxy) is 1. The van der Waals surface area contributed by atoms with Crippen molar-refractivity contribution in [3.63, 3.8) is 0 Å². The van der Waals surface area contributed by atoms with Crippen molar-refractivity contribution < 1.29 is 4.74 Å². The summed E-state index contributed by atoms with van der Waals surface area (Å²) >= 11 is 0. The predicted molar refractivity (Wildman–Crippen MR) is 36.9 cm³/mol. The average Bonchev–Trinajstić information content (AvgIpc) is 1.83. The Balaban J connectivity index is 2.41. The van der Waals surface area contributed by atoms with Crippen LogP contribution in [0.15, 0.2) is 0 Å². The van der Waals surface area contributed by atoms with Gasteiger partial charge in [0.25, 0.3) is 0 Å². The lowest BCUT2D eigenvalue weighted by atomic mass is 10.2. The molecule has 9 heavy (non-hydrogen) atoms. The highest BCUT2D eigenvalue weighted by atomic mass is 16.5. The second-order valence-electron chi connectivity index (χ2n) is 2.75. The van der Waals surface area contributed by atoms with Crippen molar-refractivity contribution >= 4 is 0 Å². The van der Waals surface area contributed by atoms with Crippen LogP contribution in [0.25, 0.3) is 0 Å². The van der Waals surface area contributed by atoms with E-state index < -0.39 is 0 Å². The van der Waals surface area contributed by atoms with Gasteiger partial charge in [-0.2, -0.15) is 0 Å². The SMILES string of the molecule is [CH2]N1[C@H](C)COC[C@@H]1C. The Morgan fingerprint density at radius 2 is 1.78 bits per heavy atom. The molecular weight excluding hydrogens is 114 g/mol. The Morgan fingerprint density at radius 1 is 1.33 bits per heavy atom. The standard InChI is InChI=1S/C7H14NO/c1-6-4-9-5-7(2)8(6)3/h6-7H,3-5H2,1-2H3/t6-,7+. The number of nitrogens with zero attached hydrogens (tertiary/aromatic N) is 1. The maximum atomic E-state index is 5.28. The normalized spacial score (nSPS) is 39.0. The molecule has 2 nitrogen and oxygen atoms in total. The van der Waals surface area contributed by atoms with Crippen LogP contribution in [-0.4, -0.2) is 30.2 Å². The van der Waals surface area contributed by atoms with Gasteiger partial charge in [0.15, 0.2) is 0 Å². The Kier molecular flexibility index (Phi) is 2.09. The van der Waals surface area contributed by atoms with Crippen molar-refractivity contribution in [2.75, 3.05) is 13.2 Å². The lowest BCUT2D eigenvalue weighted by Gasteiger charge is -2.35. The zero-order valence-corrected chi connectivity index (χ0v) is 6.13. The molecule has 0 aromatic carbocycles. The molecule has 1 rings (SSSR count). The monoisotopic (exact) mass is 128 g/mol. The van der Waals surface area contributed by atoms with Gasteiger partial charge in [0.1, 0.15) is 0 Å². The first-order valence-corrected chi connectivity index (χ1v) is 3.38. The summed E-state index contributed by atoms with van der Waals surface area (Å²) in [6, 6.07) is 0.961. The number of rotatable bonds is 0. The van der Waals surface area contributed by atoms with Crippen LogP contribution in [0.2, 0.25) is 0 Å². The van der Waals surface area contributed by atoms with Crippen LogP contribution < -0.4 is 0 Å². The molecule has 1 heterocycles. The smallest absolute Gasteiger partial charge is 0.0620 e. The van der Waals surface area contributed by atoms with Crippen LogP contribution in [0.4, 0.5) is 0 Å². The highest BCUT2D eigenvalue weighted by Gasteiger charge is 2.20. The Labute approximate surface area is 56.8 Å². The van der Waals surface area contributed by atoms with Crippen molar-refractivity contribution in [1.82, 2.24) is 4.90 Å². The zero-order valence-electron chi connectivity index (χ0n) is 6.13. The Hall–Kier alpha value is -0.0800.